The fourth-order valence-electron chi connectivity index (χ4n) is 3.33. The minimum Gasteiger partial charge on any atom is -0.397 e. The molecule has 2 amide bonds. The van der Waals surface area contributed by atoms with Crippen LogP contribution in [0.1, 0.15) is 5.56 Å². The van der Waals surface area contributed by atoms with E-state index in [-0.39, 0.29) is 5.69 Å². The van der Waals surface area contributed by atoms with Crippen LogP contribution in [0.3, 0.4) is 0 Å². The first-order valence-corrected chi connectivity index (χ1v) is 9.78. The molecule has 1 aromatic heterocycles. The number of amides is 2. The second-order valence-electron chi connectivity index (χ2n) is 6.95. The molecule has 0 radical (unpaired) electrons. The van der Waals surface area contributed by atoms with Crippen molar-refractivity contribution in [2.75, 3.05) is 16.4 Å². The number of anilines is 3. The van der Waals surface area contributed by atoms with Crippen LogP contribution in [0, 0.1) is 0 Å². The number of benzene rings is 3. The summed E-state index contributed by atoms with van der Waals surface area (Å²) in [4.78, 5) is 16.7. The van der Waals surface area contributed by atoms with Crippen LogP contribution in [-0.4, -0.2) is 11.0 Å². The molecule has 0 unspecified atom stereocenters. The largest absolute Gasteiger partial charge is 0.417 e. The van der Waals surface area contributed by atoms with E-state index in [1.54, 1.807) is 30.5 Å². The highest BCUT2D eigenvalue weighted by Gasteiger charge is 2.33. The van der Waals surface area contributed by atoms with E-state index >= 15 is 0 Å². The maximum Gasteiger partial charge on any atom is 0.417 e. The van der Waals surface area contributed by atoms with Crippen LogP contribution in [0.5, 0.6) is 0 Å². The second kappa shape index (κ2) is 8.39. The Bertz CT molecular complexity index is 1320. The van der Waals surface area contributed by atoms with Gasteiger partial charge in [0.15, 0.2) is 0 Å². The van der Waals surface area contributed by atoms with Gasteiger partial charge in [0.2, 0.25) is 0 Å². The van der Waals surface area contributed by atoms with Crippen molar-refractivity contribution in [3.05, 3.63) is 83.5 Å². The molecule has 0 spiro atoms. The topological polar surface area (TPSA) is 80.0 Å². The Labute approximate surface area is 186 Å². The molecule has 0 aliphatic rings. The number of nitrogen functional groups attached to an aromatic ring is 1. The number of carbonyl (C=O) groups excluding carboxylic acids is 1. The number of nitrogens with two attached hydrogens (primary N) is 1. The third-order valence-electron chi connectivity index (χ3n) is 4.76. The lowest BCUT2D eigenvalue weighted by Crippen LogP contribution is -2.20. The van der Waals surface area contributed by atoms with Gasteiger partial charge in [-0.15, -0.1) is 0 Å². The van der Waals surface area contributed by atoms with Crippen molar-refractivity contribution in [2.45, 2.75) is 6.18 Å². The van der Waals surface area contributed by atoms with E-state index in [1.807, 2.05) is 24.3 Å². The number of nitrogens with one attached hydrogen (secondary N) is 2. The van der Waals surface area contributed by atoms with E-state index in [4.69, 9.17) is 17.3 Å². The molecule has 0 saturated heterocycles. The van der Waals surface area contributed by atoms with E-state index in [0.29, 0.717) is 16.9 Å². The quantitative estimate of drug-likeness (QED) is 0.296. The van der Waals surface area contributed by atoms with Crippen LogP contribution in [0.15, 0.2) is 72.9 Å². The molecule has 0 saturated carbocycles. The zero-order chi connectivity index (χ0) is 22.9. The van der Waals surface area contributed by atoms with Crippen molar-refractivity contribution in [1.82, 2.24) is 4.98 Å². The lowest BCUT2D eigenvalue weighted by atomic mass is 10.0. The number of fused-ring (bicyclic) bond motifs is 1. The zero-order valence-corrected chi connectivity index (χ0v) is 17.1. The number of hydrogen-bond acceptors (Lipinski definition) is 3. The molecular formula is C23H16ClF3N4O. The van der Waals surface area contributed by atoms with Crippen LogP contribution < -0.4 is 16.4 Å². The van der Waals surface area contributed by atoms with E-state index in [2.05, 4.69) is 15.6 Å². The molecule has 0 aliphatic carbocycles. The number of alkyl halides is 3. The molecule has 162 valence electrons. The molecule has 3 aromatic carbocycles. The summed E-state index contributed by atoms with van der Waals surface area (Å²) in [6.45, 7) is 0. The Kier molecular flexibility index (Phi) is 5.63. The predicted molar refractivity (Wildman–Crippen MR) is 121 cm³/mol. The number of para-hydroxylation sites is 1. The van der Waals surface area contributed by atoms with Crippen LogP contribution in [0.4, 0.5) is 35.0 Å². The molecule has 0 bridgehead atoms. The summed E-state index contributed by atoms with van der Waals surface area (Å²) >= 11 is 5.61. The standard InChI is InChI=1S/C23H16ClF3N4O/c24-19-8-7-15(12-18(19)23(25,26)27)31-22(32)30-14-4-1-3-13(11-14)16-9-10-29-21-17(16)5-2-6-20(21)28/h1-12H,28H2,(H2,30,31,32). The van der Waals surface area contributed by atoms with Gasteiger partial charge in [0.25, 0.3) is 0 Å². The van der Waals surface area contributed by atoms with Crippen molar-refractivity contribution in [3.8, 4) is 11.1 Å². The van der Waals surface area contributed by atoms with Gasteiger partial charge in [-0.1, -0.05) is 35.9 Å². The number of rotatable bonds is 3. The number of urea groups is 1. The average Bonchev–Trinajstić information content (AvgIpc) is 2.74. The van der Waals surface area contributed by atoms with Crippen molar-refractivity contribution >= 4 is 45.6 Å². The molecule has 0 atom stereocenters. The van der Waals surface area contributed by atoms with E-state index < -0.39 is 22.8 Å². The number of pyridine rings is 1. The molecule has 0 aliphatic heterocycles. The van der Waals surface area contributed by atoms with E-state index in [9.17, 15) is 18.0 Å². The van der Waals surface area contributed by atoms with Gasteiger partial charge in [-0.3, -0.25) is 4.98 Å². The Morgan fingerprint density at radius 3 is 2.41 bits per heavy atom. The first-order valence-electron chi connectivity index (χ1n) is 9.41. The van der Waals surface area contributed by atoms with Crippen LogP contribution in [-0.2, 0) is 6.18 Å². The minimum absolute atomic E-state index is 0.0361. The molecule has 4 rings (SSSR count). The monoisotopic (exact) mass is 456 g/mol. The summed E-state index contributed by atoms with van der Waals surface area (Å²) in [6.07, 6.45) is -2.98. The van der Waals surface area contributed by atoms with Gasteiger partial charge in [-0.25, -0.2) is 4.79 Å². The summed E-state index contributed by atoms with van der Waals surface area (Å²) in [6, 6.07) is 16.9. The average molecular weight is 457 g/mol. The van der Waals surface area contributed by atoms with Gasteiger partial charge in [0, 0.05) is 23.0 Å². The molecule has 9 heteroatoms. The summed E-state index contributed by atoms with van der Waals surface area (Å²) < 4.78 is 39.1. The van der Waals surface area contributed by atoms with Crippen molar-refractivity contribution in [3.63, 3.8) is 0 Å². The SMILES string of the molecule is Nc1cccc2c(-c3cccc(NC(=O)Nc4ccc(Cl)c(C(F)(F)F)c4)c3)ccnc12. The zero-order valence-electron chi connectivity index (χ0n) is 16.4. The summed E-state index contributed by atoms with van der Waals surface area (Å²) in [5.41, 5.74) is 8.32. The van der Waals surface area contributed by atoms with Crippen molar-refractivity contribution in [1.29, 1.82) is 0 Å². The summed E-state index contributed by atoms with van der Waals surface area (Å²) in [7, 11) is 0. The lowest BCUT2D eigenvalue weighted by Gasteiger charge is -2.13. The first kappa shape index (κ1) is 21.5. The van der Waals surface area contributed by atoms with Crippen LogP contribution in [0.2, 0.25) is 5.02 Å². The normalized spacial score (nSPS) is 11.4. The number of halogens is 4. The van der Waals surface area contributed by atoms with E-state index in [0.717, 1.165) is 28.6 Å². The van der Waals surface area contributed by atoms with E-state index in [1.165, 1.54) is 6.07 Å². The third kappa shape index (κ3) is 4.45. The summed E-state index contributed by atoms with van der Waals surface area (Å²) in [5.74, 6) is 0. The lowest BCUT2D eigenvalue weighted by molar-refractivity contribution is -0.137. The minimum atomic E-state index is -4.63. The Morgan fingerprint density at radius 2 is 1.66 bits per heavy atom. The highest BCUT2D eigenvalue weighted by atomic mass is 35.5. The van der Waals surface area contributed by atoms with Gasteiger partial charge in [0.1, 0.15) is 0 Å². The molecule has 4 aromatic rings. The highest BCUT2D eigenvalue weighted by Crippen LogP contribution is 2.36. The fourth-order valence-corrected chi connectivity index (χ4v) is 3.55. The number of hydrogen-bond donors (Lipinski definition) is 3. The predicted octanol–water partition coefficient (Wildman–Crippen LogP) is 6.80. The van der Waals surface area contributed by atoms with Crippen LogP contribution in [0.25, 0.3) is 22.0 Å². The maximum absolute atomic E-state index is 13.0. The first-order chi connectivity index (χ1) is 15.2. The van der Waals surface area contributed by atoms with Gasteiger partial charge in [-0.2, -0.15) is 13.2 Å². The third-order valence-corrected chi connectivity index (χ3v) is 5.09. The molecule has 32 heavy (non-hydrogen) atoms. The number of carbonyl (C=O) groups is 1. The Balaban J connectivity index is 1.57. The fraction of sp³-hybridized carbons (Fsp3) is 0.0435. The van der Waals surface area contributed by atoms with Crippen molar-refractivity contribution in [2.24, 2.45) is 0 Å². The summed E-state index contributed by atoms with van der Waals surface area (Å²) in [5, 5.41) is 5.43. The van der Waals surface area contributed by atoms with Gasteiger partial charge in [-0.05, 0) is 53.6 Å². The highest BCUT2D eigenvalue weighted by molar-refractivity contribution is 6.31. The molecular weight excluding hydrogens is 441 g/mol. The van der Waals surface area contributed by atoms with Gasteiger partial charge < -0.3 is 16.4 Å². The molecule has 4 N–H and O–H groups in total. The Morgan fingerprint density at radius 1 is 0.938 bits per heavy atom. The van der Waals surface area contributed by atoms with Crippen molar-refractivity contribution < 1.29 is 18.0 Å². The van der Waals surface area contributed by atoms with Gasteiger partial charge >= 0.3 is 12.2 Å². The number of nitrogens with zero attached hydrogens (tertiary/aromatic N) is 1. The smallest absolute Gasteiger partial charge is 0.397 e. The van der Waals surface area contributed by atoms with Crippen LogP contribution >= 0.6 is 11.6 Å². The maximum atomic E-state index is 13.0. The van der Waals surface area contributed by atoms with Gasteiger partial charge in [0.05, 0.1) is 21.8 Å². The number of aromatic nitrogens is 1. The molecule has 5 nitrogen and oxygen atoms in total. The Hall–Kier alpha value is -3.78. The second-order valence-corrected chi connectivity index (χ2v) is 7.36. The molecule has 0 fully saturated rings. The molecule has 1 heterocycles.